The first-order valence-electron chi connectivity index (χ1n) is 6.43. The number of ether oxygens (including phenoxy) is 1. The fraction of sp³-hybridized carbons (Fsp3) is 0.571. The summed E-state index contributed by atoms with van der Waals surface area (Å²) in [5.41, 5.74) is 2.36. The fourth-order valence-corrected chi connectivity index (χ4v) is 2.30. The van der Waals surface area contributed by atoms with Gasteiger partial charge < -0.3 is 20.5 Å². The predicted octanol–water partition coefficient (Wildman–Crippen LogP) is 1.10. The molecule has 1 fully saturated rings. The van der Waals surface area contributed by atoms with Crippen molar-refractivity contribution >= 4 is 12.4 Å². The molecule has 4 nitrogen and oxygen atoms in total. The molecule has 2 rings (SSSR count). The van der Waals surface area contributed by atoms with Crippen LogP contribution < -0.4 is 15.4 Å². The highest BCUT2D eigenvalue weighted by Gasteiger charge is 2.23. The summed E-state index contributed by atoms with van der Waals surface area (Å²) in [6, 6.07) is 6.24. The number of aliphatic hydroxyl groups excluding tert-OH is 1. The van der Waals surface area contributed by atoms with Gasteiger partial charge in [0.15, 0.2) is 0 Å². The van der Waals surface area contributed by atoms with Crippen molar-refractivity contribution in [3.8, 4) is 5.75 Å². The molecular formula is C14H23ClN2O2. The number of rotatable bonds is 5. The Morgan fingerprint density at radius 1 is 1.42 bits per heavy atom. The molecule has 5 heteroatoms. The first kappa shape index (κ1) is 16.2. The van der Waals surface area contributed by atoms with Crippen molar-refractivity contribution in [2.45, 2.75) is 19.6 Å². The van der Waals surface area contributed by atoms with Crippen molar-refractivity contribution in [1.29, 1.82) is 0 Å². The molecule has 0 aliphatic carbocycles. The molecule has 0 bridgehead atoms. The number of hydrogen-bond acceptors (Lipinski definition) is 4. The van der Waals surface area contributed by atoms with Gasteiger partial charge >= 0.3 is 0 Å². The van der Waals surface area contributed by atoms with E-state index in [0.717, 1.165) is 30.9 Å². The Morgan fingerprint density at radius 2 is 2.21 bits per heavy atom. The summed E-state index contributed by atoms with van der Waals surface area (Å²) >= 11 is 0. The Labute approximate surface area is 121 Å². The second-order valence-corrected chi connectivity index (χ2v) is 4.92. The van der Waals surface area contributed by atoms with Crippen molar-refractivity contribution in [3.63, 3.8) is 0 Å². The molecule has 1 aromatic carbocycles. The van der Waals surface area contributed by atoms with Crippen LogP contribution in [0.2, 0.25) is 0 Å². The quantitative estimate of drug-likeness (QED) is 0.759. The van der Waals surface area contributed by atoms with Crippen molar-refractivity contribution in [1.82, 2.24) is 10.6 Å². The zero-order valence-corrected chi connectivity index (χ0v) is 12.3. The van der Waals surface area contributed by atoms with Gasteiger partial charge in [0.05, 0.1) is 13.2 Å². The Morgan fingerprint density at radius 3 is 2.84 bits per heavy atom. The van der Waals surface area contributed by atoms with Gasteiger partial charge in [0, 0.05) is 32.1 Å². The molecule has 0 aromatic heterocycles. The minimum atomic E-state index is -0.218. The van der Waals surface area contributed by atoms with Gasteiger partial charge in [0.25, 0.3) is 0 Å². The lowest BCUT2D eigenvalue weighted by Crippen LogP contribution is -2.30. The summed E-state index contributed by atoms with van der Waals surface area (Å²) in [5.74, 6) is 1.24. The molecule has 0 amide bonds. The van der Waals surface area contributed by atoms with E-state index < -0.39 is 0 Å². The highest BCUT2D eigenvalue weighted by atomic mass is 35.5. The molecule has 0 spiro atoms. The second kappa shape index (κ2) is 7.70. The van der Waals surface area contributed by atoms with Crippen LogP contribution in [0.5, 0.6) is 5.75 Å². The standard InChI is InChI=1S/C14H22N2O2.ClH/c1-10-3-4-11(5-14(10)18-2)6-15-7-12-8-16-9-13(12)17;/h3-5,12-13,15-17H,6-9H2,1-2H3;1H. The number of aliphatic hydroxyl groups is 1. The summed E-state index contributed by atoms with van der Waals surface area (Å²) in [4.78, 5) is 0. The minimum absolute atomic E-state index is 0. The predicted molar refractivity (Wildman–Crippen MR) is 79.1 cm³/mol. The van der Waals surface area contributed by atoms with Gasteiger partial charge in [-0.1, -0.05) is 12.1 Å². The van der Waals surface area contributed by atoms with E-state index in [4.69, 9.17) is 4.74 Å². The Hall–Kier alpha value is -0.810. The summed E-state index contributed by atoms with van der Waals surface area (Å²) in [6.45, 7) is 5.29. The normalized spacial score (nSPS) is 22.1. The lowest BCUT2D eigenvalue weighted by atomic mass is 10.1. The molecule has 1 aliphatic heterocycles. The van der Waals surface area contributed by atoms with Crippen LogP contribution in [-0.2, 0) is 6.54 Å². The molecule has 3 N–H and O–H groups in total. The average molecular weight is 287 g/mol. The van der Waals surface area contributed by atoms with Crippen LogP contribution in [0, 0.1) is 12.8 Å². The third kappa shape index (κ3) is 4.35. The largest absolute Gasteiger partial charge is 0.496 e. The molecule has 0 saturated carbocycles. The zero-order chi connectivity index (χ0) is 13.0. The van der Waals surface area contributed by atoms with E-state index in [1.165, 1.54) is 5.56 Å². The highest BCUT2D eigenvalue weighted by Crippen LogP contribution is 2.18. The van der Waals surface area contributed by atoms with Gasteiger partial charge in [0.2, 0.25) is 0 Å². The summed E-state index contributed by atoms with van der Waals surface area (Å²) in [7, 11) is 1.69. The van der Waals surface area contributed by atoms with E-state index >= 15 is 0 Å². The van der Waals surface area contributed by atoms with Crippen LogP contribution in [-0.4, -0.2) is 38.0 Å². The van der Waals surface area contributed by atoms with Crippen LogP contribution in [0.3, 0.4) is 0 Å². The van der Waals surface area contributed by atoms with Crippen LogP contribution >= 0.6 is 12.4 Å². The van der Waals surface area contributed by atoms with Gasteiger partial charge in [-0.05, 0) is 24.1 Å². The topological polar surface area (TPSA) is 53.5 Å². The Kier molecular flexibility index (Phi) is 6.58. The SMILES string of the molecule is COc1cc(CNCC2CNCC2O)ccc1C.Cl. The number of halogens is 1. The molecule has 2 unspecified atom stereocenters. The van der Waals surface area contributed by atoms with Gasteiger partial charge in [-0.2, -0.15) is 0 Å². The Balaban J connectivity index is 0.00000180. The van der Waals surface area contributed by atoms with Gasteiger partial charge in [-0.25, -0.2) is 0 Å². The van der Waals surface area contributed by atoms with Gasteiger partial charge in [0.1, 0.15) is 5.75 Å². The van der Waals surface area contributed by atoms with E-state index in [1.807, 2.05) is 6.92 Å². The molecule has 1 aliphatic rings. The summed E-state index contributed by atoms with van der Waals surface area (Å²) < 4.78 is 5.30. The zero-order valence-electron chi connectivity index (χ0n) is 11.5. The van der Waals surface area contributed by atoms with Crippen molar-refractivity contribution < 1.29 is 9.84 Å². The van der Waals surface area contributed by atoms with Crippen LogP contribution in [0.25, 0.3) is 0 Å². The maximum Gasteiger partial charge on any atom is 0.122 e. The maximum absolute atomic E-state index is 9.68. The molecule has 1 saturated heterocycles. The number of nitrogens with one attached hydrogen (secondary N) is 2. The first-order chi connectivity index (χ1) is 8.70. The van der Waals surface area contributed by atoms with E-state index in [9.17, 15) is 5.11 Å². The van der Waals surface area contributed by atoms with E-state index in [0.29, 0.717) is 12.5 Å². The Bertz CT molecular complexity index is 401. The molecule has 1 heterocycles. The molecule has 2 atom stereocenters. The smallest absolute Gasteiger partial charge is 0.122 e. The van der Waals surface area contributed by atoms with Crippen LogP contribution in [0.4, 0.5) is 0 Å². The van der Waals surface area contributed by atoms with Crippen molar-refractivity contribution in [3.05, 3.63) is 29.3 Å². The van der Waals surface area contributed by atoms with E-state index in [1.54, 1.807) is 7.11 Å². The van der Waals surface area contributed by atoms with E-state index in [-0.39, 0.29) is 18.5 Å². The maximum atomic E-state index is 9.68. The van der Waals surface area contributed by atoms with Crippen molar-refractivity contribution in [2.75, 3.05) is 26.7 Å². The van der Waals surface area contributed by atoms with E-state index in [2.05, 4.69) is 28.8 Å². The lowest BCUT2D eigenvalue weighted by molar-refractivity contribution is 0.146. The molecule has 1 aromatic rings. The monoisotopic (exact) mass is 286 g/mol. The van der Waals surface area contributed by atoms with Gasteiger partial charge in [-0.3, -0.25) is 0 Å². The number of hydrogen-bond donors (Lipinski definition) is 3. The molecule has 0 radical (unpaired) electrons. The van der Waals surface area contributed by atoms with Gasteiger partial charge in [-0.15, -0.1) is 12.4 Å². The molecular weight excluding hydrogens is 264 g/mol. The average Bonchev–Trinajstić information content (AvgIpc) is 2.77. The summed E-state index contributed by atoms with van der Waals surface area (Å²) in [5, 5.41) is 16.3. The van der Waals surface area contributed by atoms with Crippen LogP contribution in [0.1, 0.15) is 11.1 Å². The first-order valence-corrected chi connectivity index (χ1v) is 6.43. The fourth-order valence-electron chi connectivity index (χ4n) is 2.30. The minimum Gasteiger partial charge on any atom is -0.496 e. The number of methoxy groups -OCH3 is 1. The highest BCUT2D eigenvalue weighted by molar-refractivity contribution is 5.85. The number of aryl methyl sites for hydroxylation is 1. The molecule has 19 heavy (non-hydrogen) atoms. The number of β-amino-alcohol motifs (C(OH)–C–C–N with tert-alkyl or cyclic N) is 1. The van der Waals surface area contributed by atoms with Crippen LogP contribution in [0.15, 0.2) is 18.2 Å². The number of benzene rings is 1. The van der Waals surface area contributed by atoms with Crippen molar-refractivity contribution in [2.24, 2.45) is 5.92 Å². The summed E-state index contributed by atoms with van der Waals surface area (Å²) in [6.07, 6.45) is -0.218. The molecule has 108 valence electrons. The third-order valence-corrected chi connectivity index (χ3v) is 3.51. The lowest BCUT2D eigenvalue weighted by Gasteiger charge is -2.14. The second-order valence-electron chi connectivity index (χ2n) is 4.92. The third-order valence-electron chi connectivity index (χ3n) is 3.51.